The molecule has 2 heterocycles. The lowest BCUT2D eigenvalue weighted by Gasteiger charge is -2.40. The zero-order valence-electron chi connectivity index (χ0n) is 10.1. The zero-order valence-corrected chi connectivity index (χ0v) is 10.1. The molecule has 1 aliphatic rings. The van der Waals surface area contributed by atoms with Gasteiger partial charge in [-0.15, -0.1) is 0 Å². The van der Waals surface area contributed by atoms with E-state index in [2.05, 4.69) is 23.7 Å². The summed E-state index contributed by atoms with van der Waals surface area (Å²) < 4.78 is 0. The molecule has 0 bridgehead atoms. The van der Waals surface area contributed by atoms with Gasteiger partial charge in [-0.1, -0.05) is 6.07 Å². The van der Waals surface area contributed by atoms with Crippen LogP contribution in [0.2, 0.25) is 0 Å². The molecular weight excluding hydrogens is 200 g/mol. The standard InChI is InChI=1S/C13H20N2O/c1-11(2)15-8-5-13(16,6-9-15)12-4-3-7-14-10-12/h3-4,7,10-11,16H,5-6,8-9H2,1-2H3. The summed E-state index contributed by atoms with van der Waals surface area (Å²) in [4.78, 5) is 6.49. The van der Waals surface area contributed by atoms with Gasteiger partial charge in [-0.2, -0.15) is 0 Å². The molecule has 1 fully saturated rings. The van der Waals surface area contributed by atoms with Crippen molar-refractivity contribution >= 4 is 0 Å². The lowest BCUT2D eigenvalue weighted by atomic mass is 9.85. The summed E-state index contributed by atoms with van der Waals surface area (Å²) in [5.41, 5.74) is 0.290. The summed E-state index contributed by atoms with van der Waals surface area (Å²) >= 11 is 0. The molecule has 0 aromatic carbocycles. The highest BCUT2D eigenvalue weighted by Gasteiger charge is 2.34. The molecule has 0 unspecified atom stereocenters. The lowest BCUT2D eigenvalue weighted by molar-refractivity contribution is -0.0326. The number of likely N-dealkylation sites (tertiary alicyclic amines) is 1. The van der Waals surface area contributed by atoms with Gasteiger partial charge in [-0.25, -0.2) is 0 Å². The third-order valence-corrected chi connectivity index (χ3v) is 3.55. The summed E-state index contributed by atoms with van der Waals surface area (Å²) in [5, 5.41) is 10.6. The van der Waals surface area contributed by atoms with Crippen LogP contribution in [0.5, 0.6) is 0 Å². The van der Waals surface area contributed by atoms with E-state index < -0.39 is 5.60 Å². The first kappa shape index (κ1) is 11.6. The lowest BCUT2D eigenvalue weighted by Crippen LogP contribution is -2.45. The maximum absolute atomic E-state index is 10.6. The molecule has 88 valence electrons. The van der Waals surface area contributed by atoms with Crippen molar-refractivity contribution in [1.82, 2.24) is 9.88 Å². The molecule has 1 saturated heterocycles. The SMILES string of the molecule is CC(C)N1CCC(O)(c2cccnc2)CC1. The van der Waals surface area contributed by atoms with E-state index in [1.54, 1.807) is 12.4 Å². The second-order valence-corrected chi connectivity index (χ2v) is 4.90. The summed E-state index contributed by atoms with van der Waals surface area (Å²) in [6.45, 7) is 6.33. The highest BCUT2D eigenvalue weighted by Crippen LogP contribution is 2.32. The van der Waals surface area contributed by atoms with Crippen molar-refractivity contribution in [2.24, 2.45) is 0 Å². The van der Waals surface area contributed by atoms with E-state index in [-0.39, 0.29) is 0 Å². The number of aliphatic hydroxyl groups is 1. The quantitative estimate of drug-likeness (QED) is 0.825. The Labute approximate surface area is 97.1 Å². The molecule has 1 aliphatic heterocycles. The Morgan fingerprint density at radius 3 is 2.56 bits per heavy atom. The maximum atomic E-state index is 10.6. The van der Waals surface area contributed by atoms with E-state index in [1.165, 1.54) is 0 Å². The van der Waals surface area contributed by atoms with Crippen molar-refractivity contribution in [3.8, 4) is 0 Å². The second kappa shape index (κ2) is 4.52. The van der Waals surface area contributed by atoms with Crippen LogP contribution in [0.25, 0.3) is 0 Å². The normalized spacial score (nSPS) is 21.2. The van der Waals surface area contributed by atoms with Crippen LogP contribution >= 0.6 is 0 Å². The fourth-order valence-electron chi connectivity index (χ4n) is 2.34. The molecule has 0 spiro atoms. The molecule has 0 radical (unpaired) electrons. The van der Waals surface area contributed by atoms with Gasteiger partial charge < -0.3 is 10.0 Å². The summed E-state index contributed by atoms with van der Waals surface area (Å²) in [5.74, 6) is 0. The second-order valence-electron chi connectivity index (χ2n) is 4.90. The minimum absolute atomic E-state index is 0.568. The van der Waals surface area contributed by atoms with Gasteiger partial charge in [-0.3, -0.25) is 4.98 Å². The van der Waals surface area contributed by atoms with Crippen LogP contribution in [0.3, 0.4) is 0 Å². The molecule has 2 rings (SSSR count). The Bertz CT molecular complexity index is 329. The highest BCUT2D eigenvalue weighted by molar-refractivity contribution is 5.18. The maximum Gasteiger partial charge on any atom is 0.0935 e. The van der Waals surface area contributed by atoms with E-state index in [1.807, 2.05) is 12.1 Å². The van der Waals surface area contributed by atoms with Crippen LogP contribution in [0.15, 0.2) is 24.5 Å². The Kier molecular flexibility index (Phi) is 3.26. The van der Waals surface area contributed by atoms with Crippen molar-refractivity contribution < 1.29 is 5.11 Å². The van der Waals surface area contributed by atoms with Crippen molar-refractivity contribution in [3.63, 3.8) is 0 Å². The van der Waals surface area contributed by atoms with E-state index in [4.69, 9.17) is 0 Å². The fraction of sp³-hybridized carbons (Fsp3) is 0.615. The minimum Gasteiger partial charge on any atom is -0.385 e. The predicted molar refractivity (Wildman–Crippen MR) is 64.1 cm³/mol. The van der Waals surface area contributed by atoms with Crippen LogP contribution in [0.4, 0.5) is 0 Å². The molecular formula is C13H20N2O. The molecule has 0 atom stereocenters. The average Bonchev–Trinajstić information content (AvgIpc) is 2.31. The van der Waals surface area contributed by atoms with Gasteiger partial charge in [0.1, 0.15) is 0 Å². The fourth-order valence-corrected chi connectivity index (χ4v) is 2.34. The molecule has 3 heteroatoms. The Morgan fingerprint density at radius 2 is 2.06 bits per heavy atom. The van der Waals surface area contributed by atoms with Crippen LogP contribution in [0.1, 0.15) is 32.3 Å². The molecule has 0 saturated carbocycles. The Hall–Kier alpha value is -0.930. The molecule has 16 heavy (non-hydrogen) atoms. The molecule has 3 nitrogen and oxygen atoms in total. The van der Waals surface area contributed by atoms with Crippen molar-refractivity contribution in [2.45, 2.75) is 38.3 Å². The van der Waals surface area contributed by atoms with Gasteiger partial charge in [0.2, 0.25) is 0 Å². The zero-order chi connectivity index (χ0) is 11.6. The molecule has 1 aromatic rings. The van der Waals surface area contributed by atoms with Crippen LogP contribution < -0.4 is 0 Å². The van der Waals surface area contributed by atoms with Gasteiger partial charge in [0.25, 0.3) is 0 Å². The van der Waals surface area contributed by atoms with E-state index in [0.717, 1.165) is 31.5 Å². The number of pyridine rings is 1. The first-order valence-corrected chi connectivity index (χ1v) is 5.99. The van der Waals surface area contributed by atoms with Gasteiger partial charge in [0, 0.05) is 37.1 Å². The number of aromatic nitrogens is 1. The van der Waals surface area contributed by atoms with Crippen LogP contribution in [0, 0.1) is 0 Å². The summed E-state index contributed by atoms with van der Waals surface area (Å²) in [7, 11) is 0. The first-order chi connectivity index (χ1) is 7.62. The highest BCUT2D eigenvalue weighted by atomic mass is 16.3. The number of hydrogen-bond donors (Lipinski definition) is 1. The topological polar surface area (TPSA) is 36.4 Å². The average molecular weight is 220 g/mol. The molecule has 1 N–H and O–H groups in total. The Morgan fingerprint density at radius 1 is 1.38 bits per heavy atom. The number of rotatable bonds is 2. The summed E-state index contributed by atoms with van der Waals surface area (Å²) in [6, 6.07) is 4.43. The minimum atomic E-state index is -0.667. The van der Waals surface area contributed by atoms with Crippen LogP contribution in [-0.2, 0) is 5.60 Å². The monoisotopic (exact) mass is 220 g/mol. The van der Waals surface area contributed by atoms with Gasteiger partial charge in [-0.05, 0) is 32.8 Å². The third kappa shape index (κ3) is 2.25. The van der Waals surface area contributed by atoms with Gasteiger partial charge in [0.05, 0.1) is 5.60 Å². The Balaban J connectivity index is 2.07. The van der Waals surface area contributed by atoms with E-state index >= 15 is 0 Å². The van der Waals surface area contributed by atoms with Crippen molar-refractivity contribution in [3.05, 3.63) is 30.1 Å². The molecule has 1 aromatic heterocycles. The van der Waals surface area contributed by atoms with Crippen molar-refractivity contribution in [2.75, 3.05) is 13.1 Å². The van der Waals surface area contributed by atoms with Gasteiger partial charge >= 0.3 is 0 Å². The van der Waals surface area contributed by atoms with E-state index in [0.29, 0.717) is 6.04 Å². The van der Waals surface area contributed by atoms with E-state index in [9.17, 15) is 5.11 Å². The number of hydrogen-bond acceptors (Lipinski definition) is 3. The first-order valence-electron chi connectivity index (χ1n) is 5.99. The smallest absolute Gasteiger partial charge is 0.0935 e. The predicted octanol–water partition coefficient (Wildman–Crippen LogP) is 1.77. The van der Waals surface area contributed by atoms with Gasteiger partial charge in [0.15, 0.2) is 0 Å². The van der Waals surface area contributed by atoms with Crippen LogP contribution in [-0.4, -0.2) is 34.1 Å². The number of piperidine rings is 1. The molecule has 0 amide bonds. The number of nitrogens with zero attached hydrogens (tertiary/aromatic N) is 2. The third-order valence-electron chi connectivity index (χ3n) is 3.55. The largest absolute Gasteiger partial charge is 0.385 e. The molecule has 0 aliphatic carbocycles. The summed E-state index contributed by atoms with van der Waals surface area (Å²) in [6.07, 6.45) is 5.13. The van der Waals surface area contributed by atoms with Crippen molar-refractivity contribution in [1.29, 1.82) is 0 Å².